The number of nitrogens with one attached hydrogen (secondary N) is 2. The van der Waals surface area contributed by atoms with Crippen LogP contribution >= 0.6 is 23.2 Å². The number of hydrogen-bond donors (Lipinski definition) is 2. The molecule has 4 nitrogen and oxygen atoms in total. The Morgan fingerprint density at radius 1 is 1.10 bits per heavy atom. The third kappa shape index (κ3) is 4.28. The monoisotopic (exact) mass is 324 g/mol. The lowest BCUT2D eigenvalue weighted by Gasteiger charge is -2.10. The van der Waals surface area contributed by atoms with E-state index in [0.717, 1.165) is 11.4 Å². The Labute approximate surface area is 133 Å². The Balaban J connectivity index is 2.05. The first-order chi connectivity index (χ1) is 10.1. The molecule has 0 bridgehead atoms. The molecule has 0 aliphatic carbocycles. The summed E-state index contributed by atoms with van der Waals surface area (Å²) in [6, 6.07) is 12.5. The fraction of sp³-hybridized carbons (Fsp3) is 0.133. The van der Waals surface area contributed by atoms with Crippen LogP contribution < -0.4 is 10.6 Å². The standard InChI is InChI=1S/C15H14Cl2N2O2/c1-2-21-15(20)19-11-8-6-10(7-9-11)18-13-5-3-4-12(16)14(13)17/h3-9,18H,2H2,1H3,(H,19,20). The summed E-state index contributed by atoms with van der Waals surface area (Å²) in [6.07, 6.45) is -0.476. The zero-order chi connectivity index (χ0) is 15.2. The molecule has 1 amide bonds. The molecule has 0 aromatic heterocycles. The molecule has 0 saturated carbocycles. The molecule has 6 heteroatoms. The Kier molecular flexibility index (Phi) is 5.31. The summed E-state index contributed by atoms with van der Waals surface area (Å²) in [5.74, 6) is 0. The van der Waals surface area contributed by atoms with Crippen molar-refractivity contribution >= 4 is 46.4 Å². The molecule has 0 saturated heterocycles. The van der Waals surface area contributed by atoms with Crippen molar-refractivity contribution < 1.29 is 9.53 Å². The Morgan fingerprint density at radius 2 is 1.76 bits per heavy atom. The second kappa shape index (κ2) is 7.20. The van der Waals surface area contributed by atoms with Gasteiger partial charge in [0.2, 0.25) is 0 Å². The summed E-state index contributed by atoms with van der Waals surface area (Å²) >= 11 is 12.1. The van der Waals surface area contributed by atoms with Crippen molar-refractivity contribution in [3.8, 4) is 0 Å². The van der Waals surface area contributed by atoms with Gasteiger partial charge in [-0.2, -0.15) is 0 Å². The van der Waals surface area contributed by atoms with Crippen LogP contribution in [0.3, 0.4) is 0 Å². The predicted octanol–water partition coefficient (Wildman–Crippen LogP) is 5.31. The SMILES string of the molecule is CCOC(=O)Nc1ccc(Nc2cccc(Cl)c2Cl)cc1. The molecule has 2 N–H and O–H groups in total. The summed E-state index contributed by atoms with van der Waals surface area (Å²) in [7, 11) is 0. The Morgan fingerprint density at radius 3 is 2.43 bits per heavy atom. The summed E-state index contributed by atoms with van der Waals surface area (Å²) < 4.78 is 4.80. The molecule has 0 fully saturated rings. The number of ether oxygens (including phenoxy) is 1. The maximum absolute atomic E-state index is 11.3. The molecule has 21 heavy (non-hydrogen) atoms. The predicted molar refractivity (Wildman–Crippen MR) is 86.8 cm³/mol. The van der Waals surface area contributed by atoms with Gasteiger partial charge in [0.05, 0.1) is 22.3 Å². The van der Waals surface area contributed by atoms with Crippen molar-refractivity contribution in [2.75, 3.05) is 17.2 Å². The lowest BCUT2D eigenvalue weighted by atomic mass is 10.2. The van der Waals surface area contributed by atoms with E-state index in [0.29, 0.717) is 22.3 Å². The highest BCUT2D eigenvalue weighted by molar-refractivity contribution is 6.43. The van der Waals surface area contributed by atoms with E-state index in [2.05, 4.69) is 10.6 Å². The van der Waals surface area contributed by atoms with Crippen molar-refractivity contribution in [3.63, 3.8) is 0 Å². The van der Waals surface area contributed by atoms with E-state index >= 15 is 0 Å². The lowest BCUT2D eigenvalue weighted by molar-refractivity contribution is 0.168. The number of hydrogen-bond acceptors (Lipinski definition) is 3. The van der Waals surface area contributed by atoms with Crippen LogP contribution in [0, 0.1) is 0 Å². The largest absolute Gasteiger partial charge is 0.450 e. The van der Waals surface area contributed by atoms with E-state index in [1.807, 2.05) is 24.3 Å². The molecule has 2 aromatic rings. The second-order valence-corrected chi connectivity index (χ2v) is 4.93. The van der Waals surface area contributed by atoms with Crippen LogP contribution in [0.15, 0.2) is 42.5 Å². The van der Waals surface area contributed by atoms with Gasteiger partial charge in [-0.1, -0.05) is 29.3 Å². The highest BCUT2D eigenvalue weighted by atomic mass is 35.5. The Hall–Kier alpha value is -1.91. The van der Waals surface area contributed by atoms with Crippen molar-refractivity contribution in [3.05, 3.63) is 52.5 Å². The van der Waals surface area contributed by atoms with Gasteiger partial charge in [0.1, 0.15) is 0 Å². The van der Waals surface area contributed by atoms with E-state index in [9.17, 15) is 4.79 Å². The van der Waals surface area contributed by atoms with Gasteiger partial charge in [-0.25, -0.2) is 4.79 Å². The summed E-state index contributed by atoms with van der Waals surface area (Å²) in [6.45, 7) is 2.08. The van der Waals surface area contributed by atoms with Crippen molar-refractivity contribution in [1.29, 1.82) is 0 Å². The average Bonchev–Trinajstić information content (AvgIpc) is 2.46. The van der Waals surface area contributed by atoms with Gasteiger partial charge in [0, 0.05) is 11.4 Å². The van der Waals surface area contributed by atoms with Gasteiger partial charge < -0.3 is 10.1 Å². The minimum Gasteiger partial charge on any atom is -0.450 e. The van der Waals surface area contributed by atoms with Crippen LogP contribution in [-0.4, -0.2) is 12.7 Å². The minimum absolute atomic E-state index is 0.332. The minimum atomic E-state index is -0.476. The van der Waals surface area contributed by atoms with Crippen LogP contribution in [-0.2, 0) is 4.74 Å². The normalized spacial score (nSPS) is 10.0. The summed E-state index contributed by atoms with van der Waals surface area (Å²) in [4.78, 5) is 11.3. The molecule has 0 aliphatic heterocycles. The van der Waals surface area contributed by atoms with Crippen molar-refractivity contribution in [2.24, 2.45) is 0 Å². The average molecular weight is 325 g/mol. The number of benzene rings is 2. The molecule has 0 unspecified atom stereocenters. The van der Waals surface area contributed by atoms with Crippen LogP contribution in [0.4, 0.5) is 21.9 Å². The zero-order valence-electron chi connectivity index (χ0n) is 11.3. The summed E-state index contributed by atoms with van der Waals surface area (Å²) in [5, 5.41) is 6.73. The maximum atomic E-state index is 11.3. The van der Waals surface area contributed by atoms with E-state index in [4.69, 9.17) is 27.9 Å². The van der Waals surface area contributed by atoms with E-state index in [1.165, 1.54) is 0 Å². The van der Waals surface area contributed by atoms with Crippen LogP contribution in [0.1, 0.15) is 6.92 Å². The van der Waals surface area contributed by atoms with Gasteiger partial charge >= 0.3 is 6.09 Å². The first kappa shape index (κ1) is 15.5. The third-order valence-corrected chi connectivity index (χ3v) is 3.46. The number of rotatable bonds is 4. The number of anilines is 3. The lowest BCUT2D eigenvalue weighted by Crippen LogP contribution is -2.13. The van der Waals surface area contributed by atoms with Crippen LogP contribution in [0.2, 0.25) is 10.0 Å². The van der Waals surface area contributed by atoms with Gasteiger partial charge in [0.15, 0.2) is 0 Å². The number of halogens is 2. The molecule has 0 spiro atoms. The third-order valence-electron chi connectivity index (χ3n) is 2.64. The molecule has 0 atom stereocenters. The number of carbonyl (C=O) groups is 1. The van der Waals surface area contributed by atoms with E-state index in [1.54, 1.807) is 25.1 Å². The maximum Gasteiger partial charge on any atom is 0.411 e. The smallest absolute Gasteiger partial charge is 0.411 e. The molecular formula is C15H14Cl2N2O2. The van der Waals surface area contributed by atoms with E-state index in [-0.39, 0.29) is 0 Å². The number of amides is 1. The molecule has 110 valence electrons. The molecule has 0 aliphatic rings. The van der Waals surface area contributed by atoms with Gasteiger partial charge in [-0.3, -0.25) is 5.32 Å². The van der Waals surface area contributed by atoms with Gasteiger partial charge in [0.25, 0.3) is 0 Å². The molecule has 0 heterocycles. The first-order valence-electron chi connectivity index (χ1n) is 6.35. The highest BCUT2D eigenvalue weighted by Crippen LogP contribution is 2.31. The van der Waals surface area contributed by atoms with Crippen LogP contribution in [0.5, 0.6) is 0 Å². The van der Waals surface area contributed by atoms with Gasteiger partial charge in [-0.05, 0) is 43.3 Å². The van der Waals surface area contributed by atoms with Crippen molar-refractivity contribution in [1.82, 2.24) is 0 Å². The zero-order valence-corrected chi connectivity index (χ0v) is 12.8. The fourth-order valence-electron chi connectivity index (χ4n) is 1.68. The van der Waals surface area contributed by atoms with Crippen molar-refractivity contribution in [2.45, 2.75) is 6.92 Å². The molecule has 2 rings (SSSR count). The number of carbonyl (C=O) groups excluding carboxylic acids is 1. The molecule has 0 radical (unpaired) electrons. The molecule has 2 aromatic carbocycles. The quantitative estimate of drug-likeness (QED) is 0.801. The first-order valence-corrected chi connectivity index (χ1v) is 7.10. The Bertz CT molecular complexity index is 630. The molecular weight excluding hydrogens is 311 g/mol. The highest BCUT2D eigenvalue weighted by Gasteiger charge is 2.05. The fourth-order valence-corrected chi connectivity index (χ4v) is 2.03. The van der Waals surface area contributed by atoms with Gasteiger partial charge in [-0.15, -0.1) is 0 Å². The van der Waals surface area contributed by atoms with E-state index < -0.39 is 6.09 Å². The van der Waals surface area contributed by atoms with Crippen LogP contribution in [0.25, 0.3) is 0 Å². The topological polar surface area (TPSA) is 50.4 Å². The second-order valence-electron chi connectivity index (χ2n) is 4.15. The summed E-state index contributed by atoms with van der Waals surface area (Å²) in [5.41, 5.74) is 2.19.